The van der Waals surface area contributed by atoms with Crippen molar-refractivity contribution in [2.24, 2.45) is 5.92 Å². The summed E-state index contributed by atoms with van der Waals surface area (Å²) in [5.74, 6) is -1.03. The first-order valence-electron chi connectivity index (χ1n) is 14.5. The number of aryl methyl sites for hydroxylation is 2. The quantitative estimate of drug-likeness (QED) is 0.278. The van der Waals surface area contributed by atoms with Gasteiger partial charge in [-0.15, -0.1) is 0 Å². The van der Waals surface area contributed by atoms with Gasteiger partial charge in [0.1, 0.15) is 17.8 Å². The minimum atomic E-state index is -4.56. The van der Waals surface area contributed by atoms with Gasteiger partial charge in [-0.2, -0.15) is 13.2 Å². The number of anilines is 1. The first-order valence-corrected chi connectivity index (χ1v) is 14.5. The third-order valence-corrected chi connectivity index (χ3v) is 8.49. The van der Waals surface area contributed by atoms with Crippen molar-refractivity contribution in [3.05, 3.63) is 94.3 Å². The molecule has 224 valence electrons. The number of nitrogens with zero attached hydrogens (tertiary/aromatic N) is 1. The summed E-state index contributed by atoms with van der Waals surface area (Å²) >= 11 is 0. The fourth-order valence-electron chi connectivity index (χ4n) is 6.31. The van der Waals surface area contributed by atoms with Crippen LogP contribution in [0.1, 0.15) is 78.6 Å². The predicted octanol–water partition coefficient (Wildman–Crippen LogP) is 7.87. The fourth-order valence-corrected chi connectivity index (χ4v) is 6.31. The van der Waals surface area contributed by atoms with Gasteiger partial charge in [0.05, 0.1) is 17.6 Å². The molecule has 2 fully saturated rings. The van der Waals surface area contributed by atoms with Crippen LogP contribution in [0, 0.1) is 25.6 Å². The van der Waals surface area contributed by atoms with Crippen LogP contribution in [0.15, 0.2) is 60.7 Å². The van der Waals surface area contributed by atoms with E-state index in [4.69, 9.17) is 4.74 Å². The summed E-state index contributed by atoms with van der Waals surface area (Å²) < 4.78 is 61.7. The van der Waals surface area contributed by atoms with E-state index >= 15 is 0 Å². The van der Waals surface area contributed by atoms with E-state index in [-0.39, 0.29) is 22.9 Å². The molecule has 1 saturated carbocycles. The number of hydrogen-bond acceptors (Lipinski definition) is 4. The van der Waals surface area contributed by atoms with Crippen LogP contribution in [0.4, 0.5) is 23.2 Å². The molecule has 3 unspecified atom stereocenters. The Morgan fingerprint density at radius 3 is 2.36 bits per heavy atom. The van der Waals surface area contributed by atoms with E-state index in [1.807, 2.05) is 24.3 Å². The van der Waals surface area contributed by atoms with Gasteiger partial charge in [-0.1, -0.05) is 30.3 Å². The molecule has 2 aliphatic rings. The Hall–Kier alpha value is -3.43. The number of benzene rings is 3. The number of aliphatic hydroxyl groups is 1. The van der Waals surface area contributed by atoms with E-state index in [1.54, 1.807) is 24.0 Å². The Morgan fingerprint density at radius 1 is 0.976 bits per heavy atom. The molecule has 5 rings (SSSR count). The molecule has 1 aliphatic heterocycles. The van der Waals surface area contributed by atoms with Crippen LogP contribution >= 0.6 is 0 Å². The number of likely N-dealkylation sites (tertiary alicyclic amines) is 1. The fraction of sp³-hybridized carbons (Fsp3) is 0.424. The van der Waals surface area contributed by atoms with Crippen LogP contribution in [0.5, 0.6) is 5.75 Å². The Balaban J connectivity index is 1.47. The highest BCUT2D eigenvalue weighted by Gasteiger charge is 2.41. The molecule has 3 aromatic carbocycles. The maximum atomic E-state index is 15.0. The van der Waals surface area contributed by atoms with Gasteiger partial charge in [-0.3, -0.25) is 9.69 Å². The third kappa shape index (κ3) is 6.47. The summed E-state index contributed by atoms with van der Waals surface area (Å²) in [5.41, 5.74) is 0.725. The van der Waals surface area contributed by atoms with Crippen LogP contribution in [-0.2, 0) is 11.0 Å². The molecule has 1 saturated heterocycles. The molecule has 0 radical (unpaired) electrons. The van der Waals surface area contributed by atoms with Crippen molar-refractivity contribution in [1.29, 1.82) is 0 Å². The van der Waals surface area contributed by atoms with Gasteiger partial charge in [-0.05, 0) is 99.4 Å². The average Bonchev–Trinajstić information content (AvgIpc) is 3.46. The minimum absolute atomic E-state index is 0.0413. The minimum Gasteiger partial charge on any atom is -0.490 e. The molecule has 1 aliphatic carbocycles. The van der Waals surface area contributed by atoms with E-state index in [0.29, 0.717) is 30.7 Å². The number of hydrogen-bond donors (Lipinski definition) is 2. The molecule has 9 heteroatoms. The largest absolute Gasteiger partial charge is 0.490 e. The van der Waals surface area contributed by atoms with Gasteiger partial charge in [0.2, 0.25) is 5.91 Å². The monoisotopic (exact) mass is 584 g/mol. The highest BCUT2D eigenvalue weighted by Crippen LogP contribution is 2.43. The number of amides is 1. The van der Waals surface area contributed by atoms with Crippen LogP contribution < -0.4 is 10.1 Å². The molecule has 1 heterocycles. The molecule has 0 bridgehead atoms. The van der Waals surface area contributed by atoms with Crippen molar-refractivity contribution in [2.45, 2.75) is 76.9 Å². The van der Waals surface area contributed by atoms with Gasteiger partial charge >= 0.3 is 6.18 Å². The zero-order valence-electron chi connectivity index (χ0n) is 23.8. The first kappa shape index (κ1) is 30.0. The molecule has 1 amide bonds. The van der Waals surface area contributed by atoms with Crippen molar-refractivity contribution in [3.63, 3.8) is 0 Å². The summed E-state index contributed by atoms with van der Waals surface area (Å²) in [7, 11) is 0. The van der Waals surface area contributed by atoms with Crippen molar-refractivity contribution in [2.75, 3.05) is 11.9 Å². The number of aliphatic hydroxyl groups excluding tert-OH is 1. The summed E-state index contributed by atoms with van der Waals surface area (Å²) in [6.45, 7) is 3.48. The van der Waals surface area contributed by atoms with Gasteiger partial charge < -0.3 is 15.2 Å². The Morgan fingerprint density at radius 2 is 1.69 bits per heavy atom. The topological polar surface area (TPSA) is 61.8 Å². The Kier molecular flexibility index (Phi) is 8.89. The van der Waals surface area contributed by atoms with E-state index in [1.165, 1.54) is 25.1 Å². The molecule has 0 spiro atoms. The maximum absolute atomic E-state index is 15.0. The number of halogens is 4. The summed E-state index contributed by atoms with van der Waals surface area (Å²) in [6, 6.07) is 15.0. The highest BCUT2D eigenvalue weighted by molar-refractivity contribution is 5.93. The smallest absolute Gasteiger partial charge is 0.416 e. The molecule has 5 nitrogen and oxygen atoms in total. The maximum Gasteiger partial charge on any atom is 0.416 e. The highest BCUT2D eigenvalue weighted by atomic mass is 19.4. The lowest BCUT2D eigenvalue weighted by atomic mass is 9.83. The first-order chi connectivity index (χ1) is 20.0. The van der Waals surface area contributed by atoms with Gasteiger partial charge in [0.15, 0.2) is 0 Å². The molecular weight excluding hydrogens is 548 g/mol. The van der Waals surface area contributed by atoms with E-state index < -0.39 is 41.7 Å². The zero-order valence-corrected chi connectivity index (χ0v) is 23.8. The van der Waals surface area contributed by atoms with Crippen LogP contribution in [0.3, 0.4) is 0 Å². The van der Waals surface area contributed by atoms with Crippen LogP contribution in [-0.4, -0.2) is 28.6 Å². The zero-order chi connectivity index (χ0) is 30.0. The number of nitrogens with one attached hydrogen (secondary N) is 1. The van der Waals surface area contributed by atoms with Crippen molar-refractivity contribution < 1.29 is 32.2 Å². The molecule has 3 aromatic rings. The Bertz CT molecular complexity index is 1380. The second kappa shape index (κ2) is 12.4. The molecule has 2 N–H and O–H groups in total. The second-order valence-corrected chi connectivity index (χ2v) is 11.4. The number of alkyl halides is 3. The third-order valence-electron chi connectivity index (χ3n) is 8.49. The summed E-state index contributed by atoms with van der Waals surface area (Å²) in [4.78, 5) is 15.4. The van der Waals surface area contributed by atoms with E-state index in [9.17, 15) is 27.5 Å². The summed E-state index contributed by atoms with van der Waals surface area (Å²) in [6.07, 6.45) is -0.477. The average molecular weight is 585 g/mol. The number of rotatable bonds is 7. The van der Waals surface area contributed by atoms with Gasteiger partial charge in [0, 0.05) is 23.8 Å². The molecule has 0 aromatic heterocycles. The number of ether oxygens (including phenoxy) is 1. The molecule has 3 atom stereocenters. The van der Waals surface area contributed by atoms with Gasteiger partial charge in [0.25, 0.3) is 0 Å². The number of piperidine rings is 1. The SMILES string of the molecule is Cc1ccc(NC(=O)C2CCCN(C(O)c3c(C)cccc3F)C2c2ccc(OC3CCCC3)cc2)cc1C(F)(F)F. The number of carbonyl (C=O) groups is 1. The normalized spacial score (nSPS) is 20.8. The van der Waals surface area contributed by atoms with Crippen LogP contribution in [0.25, 0.3) is 0 Å². The lowest BCUT2D eigenvalue weighted by Crippen LogP contribution is -2.45. The summed E-state index contributed by atoms with van der Waals surface area (Å²) in [5, 5.41) is 14.2. The second-order valence-electron chi connectivity index (χ2n) is 11.4. The van der Waals surface area contributed by atoms with E-state index in [2.05, 4.69) is 5.32 Å². The molecule has 42 heavy (non-hydrogen) atoms. The van der Waals surface area contributed by atoms with E-state index in [0.717, 1.165) is 37.3 Å². The predicted molar refractivity (Wildman–Crippen MR) is 152 cm³/mol. The Labute approximate surface area is 243 Å². The van der Waals surface area contributed by atoms with Crippen molar-refractivity contribution in [3.8, 4) is 5.75 Å². The van der Waals surface area contributed by atoms with Crippen molar-refractivity contribution >= 4 is 11.6 Å². The van der Waals surface area contributed by atoms with Crippen LogP contribution in [0.2, 0.25) is 0 Å². The molecular formula is C33H36F4N2O3. The lowest BCUT2D eigenvalue weighted by molar-refractivity contribution is -0.138. The van der Waals surface area contributed by atoms with Gasteiger partial charge in [-0.25, -0.2) is 4.39 Å². The standard InChI is InChI=1S/C33H36F4N2O3/c1-20-12-15-23(19-27(20)33(35,36)37)38-31(40)26-10-6-18-39(32(41)29-21(2)7-5-11-28(29)34)30(26)22-13-16-25(17-14-22)42-24-8-3-4-9-24/h5,7,11-17,19,24,26,30,32,41H,3-4,6,8-10,18H2,1-2H3,(H,38,40). The number of carbonyl (C=O) groups excluding carboxylic acids is 1. The lowest BCUT2D eigenvalue weighted by Gasteiger charge is -2.43. The van der Waals surface area contributed by atoms with Crippen molar-refractivity contribution in [1.82, 2.24) is 4.90 Å².